The van der Waals surface area contributed by atoms with Crippen molar-refractivity contribution in [2.45, 2.75) is 0 Å². The van der Waals surface area contributed by atoms with Gasteiger partial charge in [0.25, 0.3) is 0 Å². The molecule has 0 amide bonds. The number of nitrogens with zero attached hydrogens (tertiary/aromatic N) is 1. The fourth-order valence-corrected chi connectivity index (χ4v) is 1.20. The molecular formula is C2H7N2O2S. The predicted octanol–water partition coefficient (Wildman–Crippen LogP) is -0.225. The minimum Gasteiger partial charge on any atom is -0.271 e. The van der Waals surface area contributed by atoms with Gasteiger partial charge in [-0.25, -0.2) is 4.72 Å². The smallest absolute Gasteiger partial charge is 0.0512 e. The molecule has 0 aliphatic carbocycles. The van der Waals surface area contributed by atoms with E-state index in [1.807, 2.05) is 0 Å². The molecule has 1 rings (SSSR count). The van der Waals surface area contributed by atoms with Crippen LogP contribution in [-0.4, -0.2) is 22.2 Å². The topological polar surface area (TPSA) is 66.6 Å². The Morgan fingerprint density at radius 1 is 1.57 bits per heavy atom. The van der Waals surface area contributed by atoms with E-state index in [9.17, 15) is 0 Å². The first-order valence-electron chi connectivity index (χ1n) is 1.92. The molecule has 0 aromatic carbocycles. The van der Waals surface area contributed by atoms with Crippen molar-refractivity contribution in [3.05, 3.63) is 0 Å². The van der Waals surface area contributed by atoms with Crippen molar-refractivity contribution in [1.82, 2.24) is 9.44 Å². The largest absolute Gasteiger partial charge is 0.271 e. The van der Waals surface area contributed by atoms with Crippen LogP contribution in [0.5, 0.6) is 0 Å². The van der Waals surface area contributed by atoms with E-state index >= 15 is 0 Å². The highest BCUT2D eigenvalue weighted by atomic mass is 32.3. The zero-order valence-electron chi connectivity index (χ0n) is 3.66. The summed E-state index contributed by atoms with van der Waals surface area (Å²) in [6.45, 7) is 1.10. The molecule has 1 radical (unpaired) electrons. The molecular weight excluding hydrogens is 116 g/mol. The average molecular weight is 123 g/mol. The standard InChI is InChI=1S/C2H7N2O2S/c5-7(6)3-1-2-4-7/h3,5-6H,1-2H2. The molecule has 1 fully saturated rings. The SMILES string of the molecule is OS1(O)[N]CCN1. The monoisotopic (exact) mass is 123 g/mol. The highest BCUT2D eigenvalue weighted by Crippen LogP contribution is 2.31. The van der Waals surface area contributed by atoms with Crippen LogP contribution < -0.4 is 9.44 Å². The van der Waals surface area contributed by atoms with Gasteiger partial charge in [0, 0.05) is 6.54 Å². The molecule has 0 unspecified atom stereocenters. The van der Waals surface area contributed by atoms with Gasteiger partial charge in [-0.2, -0.15) is 0 Å². The number of rotatable bonds is 0. The third-order valence-corrected chi connectivity index (χ3v) is 1.81. The molecule has 0 aromatic rings. The van der Waals surface area contributed by atoms with Gasteiger partial charge in [-0.15, -0.1) is 4.72 Å². The second-order valence-corrected chi connectivity index (χ2v) is 2.85. The van der Waals surface area contributed by atoms with Crippen LogP contribution in [0.1, 0.15) is 0 Å². The Morgan fingerprint density at radius 2 is 2.29 bits per heavy atom. The summed E-state index contributed by atoms with van der Waals surface area (Å²) >= 11 is 0. The molecule has 1 heterocycles. The van der Waals surface area contributed by atoms with Crippen LogP contribution in [0.15, 0.2) is 0 Å². The van der Waals surface area contributed by atoms with Gasteiger partial charge in [-0.3, -0.25) is 9.11 Å². The van der Waals surface area contributed by atoms with Crippen molar-refractivity contribution >= 4 is 11.0 Å². The molecule has 0 spiro atoms. The second kappa shape index (κ2) is 1.61. The summed E-state index contributed by atoms with van der Waals surface area (Å²) < 4.78 is 23.0. The number of nitrogens with one attached hydrogen (secondary N) is 1. The van der Waals surface area contributed by atoms with Gasteiger partial charge in [0.05, 0.1) is 6.54 Å². The summed E-state index contributed by atoms with van der Waals surface area (Å²) in [5.74, 6) is 0. The molecule has 1 aliphatic heterocycles. The van der Waals surface area contributed by atoms with Gasteiger partial charge >= 0.3 is 0 Å². The Balaban J connectivity index is 2.40. The maximum atomic E-state index is 8.56. The van der Waals surface area contributed by atoms with Gasteiger partial charge in [-0.1, -0.05) is 11.0 Å². The molecule has 5 heteroatoms. The zero-order valence-corrected chi connectivity index (χ0v) is 4.48. The van der Waals surface area contributed by atoms with E-state index < -0.39 is 11.0 Å². The van der Waals surface area contributed by atoms with E-state index in [-0.39, 0.29) is 0 Å². The first-order valence-corrected chi connectivity index (χ1v) is 3.43. The molecule has 0 aromatic heterocycles. The quantitative estimate of drug-likeness (QED) is 0.417. The van der Waals surface area contributed by atoms with Crippen LogP contribution in [-0.2, 0) is 0 Å². The number of hydrogen-bond acceptors (Lipinski definition) is 3. The van der Waals surface area contributed by atoms with Crippen molar-refractivity contribution in [1.29, 1.82) is 0 Å². The lowest BCUT2D eigenvalue weighted by molar-refractivity contribution is 0.473. The Labute approximate surface area is 43.5 Å². The number of hydrogen-bond donors (Lipinski definition) is 3. The van der Waals surface area contributed by atoms with E-state index in [0.29, 0.717) is 13.1 Å². The Kier molecular flexibility index (Phi) is 1.22. The van der Waals surface area contributed by atoms with Crippen LogP contribution in [0.2, 0.25) is 0 Å². The fraction of sp³-hybridized carbons (Fsp3) is 1.00. The van der Waals surface area contributed by atoms with E-state index in [1.165, 1.54) is 0 Å². The van der Waals surface area contributed by atoms with E-state index in [2.05, 4.69) is 9.44 Å². The summed E-state index contributed by atoms with van der Waals surface area (Å²) in [6.07, 6.45) is 0. The lowest BCUT2D eigenvalue weighted by Gasteiger charge is -2.22. The molecule has 1 saturated heterocycles. The van der Waals surface area contributed by atoms with Gasteiger partial charge in [0.1, 0.15) is 0 Å². The van der Waals surface area contributed by atoms with Gasteiger partial charge in [-0.05, 0) is 0 Å². The lowest BCUT2D eigenvalue weighted by atomic mass is 10.7. The van der Waals surface area contributed by atoms with Crippen LogP contribution in [0.25, 0.3) is 0 Å². The van der Waals surface area contributed by atoms with Crippen molar-refractivity contribution in [2.75, 3.05) is 13.1 Å². The molecule has 0 bridgehead atoms. The van der Waals surface area contributed by atoms with E-state index in [4.69, 9.17) is 9.11 Å². The Hall–Kier alpha value is 0.190. The van der Waals surface area contributed by atoms with Gasteiger partial charge in [0.15, 0.2) is 0 Å². The zero-order chi connectivity index (χ0) is 5.33. The summed E-state index contributed by atoms with van der Waals surface area (Å²) in [7, 11) is -2.67. The molecule has 1 aliphatic rings. The van der Waals surface area contributed by atoms with Crippen LogP contribution >= 0.6 is 11.0 Å². The Bertz CT molecular complexity index is 68.1. The first kappa shape index (κ1) is 5.33. The third kappa shape index (κ3) is 1.29. The summed E-state index contributed by atoms with van der Waals surface area (Å²) in [5.41, 5.74) is 0. The second-order valence-electron chi connectivity index (χ2n) is 1.27. The van der Waals surface area contributed by atoms with Gasteiger partial charge < -0.3 is 0 Å². The van der Waals surface area contributed by atoms with Crippen molar-refractivity contribution < 1.29 is 9.11 Å². The summed E-state index contributed by atoms with van der Waals surface area (Å²) in [6, 6.07) is 0. The average Bonchev–Trinajstić information content (AvgIpc) is 1.84. The maximum Gasteiger partial charge on any atom is 0.0512 e. The third-order valence-electron chi connectivity index (χ3n) is 0.679. The minimum atomic E-state index is -2.67. The molecule has 0 saturated carbocycles. The highest BCUT2D eigenvalue weighted by Gasteiger charge is 2.17. The summed E-state index contributed by atoms with van der Waals surface area (Å²) in [5, 5.41) is 0. The minimum absolute atomic E-state index is 0.516. The first-order chi connectivity index (χ1) is 3.21. The van der Waals surface area contributed by atoms with Crippen molar-refractivity contribution in [2.24, 2.45) is 0 Å². The summed E-state index contributed by atoms with van der Waals surface area (Å²) in [4.78, 5) is 0. The van der Waals surface area contributed by atoms with Crippen molar-refractivity contribution in [3.8, 4) is 0 Å². The Morgan fingerprint density at radius 3 is 2.43 bits per heavy atom. The fourth-order valence-electron chi connectivity index (χ4n) is 0.401. The highest BCUT2D eigenvalue weighted by molar-refractivity contribution is 8.21. The molecule has 43 valence electrons. The normalized spacial score (nSPS) is 32.9. The van der Waals surface area contributed by atoms with E-state index in [0.717, 1.165) is 0 Å². The van der Waals surface area contributed by atoms with Crippen molar-refractivity contribution in [3.63, 3.8) is 0 Å². The van der Waals surface area contributed by atoms with E-state index in [1.54, 1.807) is 0 Å². The predicted molar refractivity (Wildman–Crippen MR) is 27.9 cm³/mol. The van der Waals surface area contributed by atoms with Crippen LogP contribution in [0.3, 0.4) is 0 Å². The van der Waals surface area contributed by atoms with Gasteiger partial charge in [0.2, 0.25) is 0 Å². The molecule has 7 heavy (non-hydrogen) atoms. The molecule has 4 nitrogen and oxygen atoms in total. The molecule has 0 atom stereocenters. The van der Waals surface area contributed by atoms with Crippen LogP contribution in [0.4, 0.5) is 0 Å². The maximum absolute atomic E-state index is 8.56. The lowest BCUT2D eigenvalue weighted by Crippen LogP contribution is -2.14. The molecule has 3 N–H and O–H groups in total. The van der Waals surface area contributed by atoms with Crippen LogP contribution in [0, 0.1) is 0 Å².